The Bertz CT molecular complexity index is 116. The zero-order chi connectivity index (χ0) is 6.95. The van der Waals surface area contributed by atoms with Crippen LogP contribution in [0, 0.1) is 11.8 Å². The van der Waals surface area contributed by atoms with E-state index in [4.69, 9.17) is 5.73 Å². The van der Waals surface area contributed by atoms with Crippen molar-refractivity contribution in [2.45, 2.75) is 19.3 Å². The monoisotopic (exact) mass is 123 g/mol. The molecule has 2 N–H and O–H groups in total. The molecule has 0 spiro atoms. The topological polar surface area (TPSA) is 26.0 Å². The highest BCUT2D eigenvalue weighted by atomic mass is 14.5. The van der Waals surface area contributed by atoms with Gasteiger partial charge in [0, 0.05) is 6.42 Å². The van der Waals surface area contributed by atoms with E-state index in [1.807, 2.05) is 6.08 Å². The van der Waals surface area contributed by atoms with Gasteiger partial charge >= 0.3 is 0 Å². The van der Waals surface area contributed by atoms with Crippen LogP contribution in [0.5, 0.6) is 0 Å². The molecule has 0 bridgehead atoms. The quantitative estimate of drug-likeness (QED) is 0.342. The van der Waals surface area contributed by atoms with Crippen molar-refractivity contribution >= 4 is 0 Å². The largest absolute Gasteiger partial charge is 0.320 e. The molecule has 0 aromatic rings. The fraction of sp³-hybridized carbons (Fsp3) is 0.500. The highest BCUT2D eigenvalue weighted by molar-refractivity contribution is 4.99. The van der Waals surface area contributed by atoms with E-state index in [1.54, 1.807) is 0 Å². The molecular weight excluding hydrogens is 110 g/mol. The van der Waals surface area contributed by atoms with Crippen molar-refractivity contribution < 1.29 is 0 Å². The van der Waals surface area contributed by atoms with E-state index in [2.05, 4.69) is 18.4 Å². The molecule has 0 radical (unpaired) electrons. The van der Waals surface area contributed by atoms with E-state index in [0.717, 1.165) is 19.3 Å². The lowest BCUT2D eigenvalue weighted by atomic mass is 10.2. The summed E-state index contributed by atoms with van der Waals surface area (Å²) >= 11 is 0. The number of rotatable bonds is 3. The summed E-state index contributed by atoms with van der Waals surface area (Å²) < 4.78 is 0. The lowest BCUT2D eigenvalue weighted by Gasteiger charge is -1.83. The van der Waals surface area contributed by atoms with Gasteiger partial charge in [0.05, 0.1) is 6.54 Å². The molecule has 0 aliphatic heterocycles. The van der Waals surface area contributed by atoms with Crippen molar-refractivity contribution in [1.82, 2.24) is 0 Å². The van der Waals surface area contributed by atoms with Gasteiger partial charge < -0.3 is 5.73 Å². The fourth-order valence-electron chi connectivity index (χ4n) is 0.495. The minimum atomic E-state index is 0.480. The molecule has 0 aliphatic rings. The van der Waals surface area contributed by atoms with Gasteiger partial charge in [0.25, 0.3) is 0 Å². The maximum Gasteiger partial charge on any atom is 0.0551 e. The molecule has 1 heteroatoms. The first-order chi connectivity index (χ1) is 4.41. The van der Waals surface area contributed by atoms with E-state index in [0.29, 0.717) is 6.54 Å². The third-order valence-corrected chi connectivity index (χ3v) is 0.937. The lowest BCUT2D eigenvalue weighted by molar-refractivity contribution is 0.886. The standard InChI is InChI=1S/C8H13N/c1-2-3-4-5-6-7-8-9/h2H,1,3-5,8-9H2. The van der Waals surface area contributed by atoms with Crippen molar-refractivity contribution in [1.29, 1.82) is 0 Å². The molecule has 50 valence electrons. The fourth-order valence-corrected chi connectivity index (χ4v) is 0.495. The van der Waals surface area contributed by atoms with E-state index < -0.39 is 0 Å². The second-order valence-electron chi connectivity index (χ2n) is 1.74. The van der Waals surface area contributed by atoms with Crippen molar-refractivity contribution in [3.05, 3.63) is 12.7 Å². The Balaban J connectivity index is 2.98. The van der Waals surface area contributed by atoms with Gasteiger partial charge in [-0.25, -0.2) is 0 Å². The SMILES string of the molecule is C=CCCCC#CCN. The van der Waals surface area contributed by atoms with Crippen LogP contribution in [0.4, 0.5) is 0 Å². The van der Waals surface area contributed by atoms with Crippen LogP contribution >= 0.6 is 0 Å². The van der Waals surface area contributed by atoms with Crippen molar-refractivity contribution in [2.24, 2.45) is 5.73 Å². The summed E-state index contributed by atoms with van der Waals surface area (Å²) in [6.07, 6.45) is 5.02. The van der Waals surface area contributed by atoms with Crippen LogP contribution in [-0.4, -0.2) is 6.54 Å². The zero-order valence-corrected chi connectivity index (χ0v) is 5.69. The number of hydrogen-bond acceptors (Lipinski definition) is 1. The van der Waals surface area contributed by atoms with Crippen molar-refractivity contribution in [3.63, 3.8) is 0 Å². The molecule has 0 atom stereocenters. The van der Waals surface area contributed by atoms with E-state index >= 15 is 0 Å². The van der Waals surface area contributed by atoms with Gasteiger partial charge in [-0.1, -0.05) is 12.0 Å². The van der Waals surface area contributed by atoms with Crippen LogP contribution < -0.4 is 5.73 Å². The summed E-state index contributed by atoms with van der Waals surface area (Å²) in [7, 11) is 0. The first-order valence-corrected chi connectivity index (χ1v) is 3.18. The second-order valence-corrected chi connectivity index (χ2v) is 1.74. The van der Waals surface area contributed by atoms with Gasteiger partial charge in [0.2, 0.25) is 0 Å². The molecule has 0 aromatic carbocycles. The molecule has 0 fully saturated rings. The van der Waals surface area contributed by atoms with E-state index in [9.17, 15) is 0 Å². The normalized spacial score (nSPS) is 7.67. The minimum absolute atomic E-state index is 0.480. The third kappa shape index (κ3) is 7.26. The smallest absolute Gasteiger partial charge is 0.0551 e. The number of nitrogens with two attached hydrogens (primary N) is 1. The lowest BCUT2D eigenvalue weighted by Crippen LogP contribution is -1.92. The summed E-state index contributed by atoms with van der Waals surface area (Å²) in [5.41, 5.74) is 5.15. The maximum absolute atomic E-state index is 5.15. The predicted molar refractivity (Wildman–Crippen MR) is 40.9 cm³/mol. The average Bonchev–Trinajstić information content (AvgIpc) is 1.89. The molecule has 1 nitrogen and oxygen atoms in total. The number of hydrogen-bond donors (Lipinski definition) is 1. The zero-order valence-electron chi connectivity index (χ0n) is 5.69. The van der Waals surface area contributed by atoms with Gasteiger partial charge in [-0.2, -0.15) is 0 Å². The number of unbranched alkanes of at least 4 members (excludes halogenated alkanes) is 2. The van der Waals surface area contributed by atoms with E-state index in [-0.39, 0.29) is 0 Å². The van der Waals surface area contributed by atoms with E-state index in [1.165, 1.54) is 0 Å². The molecule has 0 saturated carbocycles. The third-order valence-electron chi connectivity index (χ3n) is 0.937. The summed E-state index contributed by atoms with van der Waals surface area (Å²) in [5, 5.41) is 0. The molecule has 0 heterocycles. The van der Waals surface area contributed by atoms with Crippen LogP contribution in [0.3, 0.4) is 0 Å². The Morgan fingerprint density at radius 1 is 1.44 bits per heavy atom. The first kappa shape index (κ1) is 8.26. The van der Waals surface area contributed by atoms with Crippen LogP contribution in [0.1, 0.15) is 19.3 Å². The Morgan fingerprint density at radius 2 is 2.22 bits per heavy atom. The van der Waals surface area contributed by atoms with Crippen LogP contribution in [0.25, 0.3) is 0 Å². The van der Waals surface area contributed by atoms with Crippen LogP contribution in [-0.2, 0) is 0 Å². The molecule has 9 heavy (non-hydrogen) atoms. The Kier molecular flexibility index (Phi) is 6.66. The summed E-state index contributed by atoms with van der Waals surface area (Å²) in [4.78, 5) is 0. The van der Waals surface area contributed by atoms with Crippen LogP contribution in [0.2, 0.25) is 0 Å². The highest BCUT2D eigenvalue weighted by Crippen LogP contribution is 1.92. The summed E-state index contributed by atoms with van der Waals surface area (Å²) in [5.74, 6) is 5.75. The molecule has 0 aromatic heterocycles. The molecule has 0 unspecified atom stereocenters. The minimum Gasteiger partial charge on any atom is -0.320 e. The Hall–Kier alpha value is -0.740. The maximum atomic E-state index is 5.15. The second kappa shape index (κ2) is 7.26. The summed E-state index contributed by atoms with van der Waals surface area (Å²) in [6, 6.07) is 0. The van der Waals surface area contributed by atoms with Crippen molar-refractivity contribution in [2.75, 3.05) is 6.54 Å². The number of allylic oxidation sites excluding steroid dienone is 1. The predicted octanol–water partition coefficient (Wildman–Crippen LogP) is 1.30. The van der Waals surface area contributed by atoms with Crippen molar-refractivity contribution in [3.8, 4) is 11.8 Å². The molecule has 0 saturated heterocycles. The van der Waals surface area contributed by atoms with Gasteiger partial charge in [0.15, 0.2) is 0 Å². The molecule has 0 aliphatic carbocycles. The first-order valence-electron chi connectivity index (χ1n) is 3.18. The van der Waals surface area contributed by atoms with Gasteiger partial charge in [-0.05, 0) is 12.8 Å². The molecule has 0 rings (SSSR count). The average molecular weight is 123 g/mol. The van der Waals surface area contributed by atoms with Gasteiger partial charge in [-0.3, -0.25) is 0 Å². The molecule has 0 amide bonds. The van der Waals surface area contributed by atoms with Crippen LogP contribution in [0.15, 0.2) is 12.7 Å². The molecular formula is C8H13N. The Labute approximate surface area is 56.9 Å². The summed E-state index contributed by atoms with van der Waals surface area (Å²) in [6.45, 7) is 4.09. The van der Waals surface area contributed by atoms with Gasteiger partial charge in [0.1, 0.15) is 0 Å². The highest BCUT2D eigenvalue weighted by Gasteiger charge is 1.76. The Morgan fingerprint density at radius 3 is 2.78 bits per heavy atom. The van der Waals surface area contributed by atoms with Gasteiger partial charge in [-0.15, -0.1) is 12.5 Å².